The van der Waals surface area contributed by atoms with Gasteiger partial charge in [-0.25, -0.2) is 9.07 Å². The first-order valence-electron chi connectivity index (χ1n) is 5.52. The minimum Gasteiger partial charge on any atom is -0.323 e. The lowest BCUT2D eigenvalue weighted by atomic mass is 10.2. The molecule has 0 aliphatic rings. The van der Waals surface area contributed by atoms with Crippen molar-refractivity contribution in [3.63, 3.8) is 0 Å². The fraction of sp³-hybridized carbons (Fsp3) is 0.250. The Hall–Kier alpha value is -2.24. The van der Waals surface area contributed by atoms with Crippen molar-refractivity contribution in [2.75, 3.05) is 5.32 Å². The average molecular weight is 248 g/mol. The molecule has 2 heterocycles. The largest absolute Gasteiger partial charge is 0.323 e. The van der Waals surface area contributed by atoms with E-state index in [1.165, 1.54) is 23.1 Å². The second kappa shape index (κ2) is 4.95. The quantitative estimate of drug-likeness (QED) is 0.903. The normalized spacial score (nSPS) is 10.7. The van der Waals surface area contributed by atoms with E-state index in [1.54, 1.807) is 20.0 Å². The highest BCUT2D eigenvalue weighted by atomic mass is 19.1. The first kappa shape index (κ1) is 12.2. The number of aromatic nitrogens is 3. The molecule has 1 N–H and O–H groups in total. The zero-order valence-corrected chi connectivity index (χ0v) is 10.1. The van der Waals surface area contributed by atoms with E-state index in [1.807, 2.05) is 0 Å². The van der Waals surface area contributed by atoms with E-state index in [2.05, 4.69) is 15.4 Å². The zero-order chi connectivity index (χ0) is 13.1. The molecule has 18 heavy (non-hydrogen) atoms. The number of anilines is 1. The maximum Gasteiger partial charge on any atom is 0.227 e. The molecule has 6 heteroatoms. The molecular weight excluding hydrogens is 235 g/mol. The fourth-order valence-corrected chi connectivity index (χ4v) is 1.34. The zero-order valence-electron chi connectivity index (χ0n) is 10.1. The number of rotatable bonds is 3. The van der Waals surface area contributed by atoms with Crippen LogP contribution in [0.3, 0.4) is 0 Å². The van der Waals surface area contributed by atoms with Crippen LogP contribution in [0.15, 0.2) is 30.9 Å². The lowest BCUT2D eigenvalue weighted by molar-refractivity contribution is -0.118. The Kier molecular flexibility index (Phi) is 3.36. The van der Waals surface area contributed by atoms with E-state index in [0.717, 1.165) is 6.20 Å². The molecule has 0 aliphatic heterocycles. The summed E-state index contributed by atoms with van der Waals surface area (Å²) < 4.78 is 14.5. The van der Waals surface area contributed by atoms with Gasteiger partial charge in [0.25, 0.3) is 0 Å². The fourth-order valence-electron chi connectivity index (χ4n) is 1.34. The van der Waals surface area contributed by atoms with Gasteiger partial charge >= 0.3 is 0 Å². The Bertz CT molecular complexity index is 565. The molecule has 94 valence electrons. The van der Waals surface area contributed by atoms with Gasteiger partial charge in [-0.15, -0.1) is 0 Å². The molecule has 0 radical (unpaired) electrons. The molecular formula is C12H13FN4O. The van der Waals surface area contributed by atoms with Crippen LogP contribution in [-0.2, 0) is 4.79 Å². The van der Waals surface area contributed by atoms with Crippen molar-refractivity contribution in [1.29, 1.82) is 0 Å². The highest BCUT2D eigenvalue weighted by Gasteiger charge is 2.09. The Labute approximate surface area is 104 Å². The first-order chi connectivity index (χ1) is 8.56. The van der Waals surface area contributed by atoms with Crippen molar-refractivity contribution in [1.82, 2.24) is 14.8 Å². The van der Waals surface area contributed by atoms with Gasteiger partial charge in [-0.2, -0.15) is 5.10 Å². The summed E-state index contributed by atoms with van der Waals surface area (Å²) in [5.41, 5.74) is 1.07. The van der Waals surface area contributed by atoms with Gasteiger partial charge < -0.3 is 5.32 Å². The summed E-state index contributed by atoms with van der Waals surface area (Å²) in [5, 5.41) is 6.74. The molecule has 1 amide bonds. The van der Waals surface area contributed by atoms with Gasteiger partial charge in [0.2, 0.25) is 5.91 Å². The van der Waals surface area contributed by atoms with Crippen LogP contribution in [0.1, 0.15) is 13.8 Å². The summed E-state index contributed by atoms with van der Waals surface area (Å²) in [5.74, 6) is -0.633. The van der Waals surface area contributed by atoms with E-state index in [-0.39, 0.29) is 11.8 Å². The Balaban J connectivity index is 2.18. The third-order valence-electron chi connectivity index (χ3n) is 2.33. The Morgan fingerprint density at radius 2 is 2.17 bits per heavy atom. The molecule has 0 saturated carbocycles. The average Bonchev–Trinajstić information content (AvgIpc) is 2.77. The second-order valence-electron chi connectivity index (χ2n) is 4.18. The topological polar surface area (TPSA) is 59.8 Å². The minimum absolute atomic E-state index is 0.0908. The van der Waals surface area contributed by atoms with Gasteiger partial charge in [-0.3, -0.25) is 9.78 Å². The van der Waals surface area contributed by atoms with Gasteiger partial charge in [0.05, 0.1) is 36.2 Å². The smallest absolute Gasteiger partial charge is 0.227 e. The third-order valence-corrected chi connectivity index (χ3v) is 2.33. The van der Waals surface area contributed by atoms with Gasteiger partial charge in [-0.05, 0) is 0 Å². The number of nitrogens with zero attached hydrogens (tertiary/aromatic N) is 3. The summed E-state index contributed by atoms with van der Waals surface area (Å²) in [4.78, 5) is 15.2. The van der Waals surface area contributed by atoms with Gasteiger partial charge in [-0.1, -0.05) is 13.8 Å². The molecule has 0 unspecified atom stereocenters. The molecule has 0 aromatic carbocycles. The monoisotopic (exact) mass is 248 g/mol. The predicted octanol–water partition coefficient (Wildman–Crippen LogP) is 2.00. The molecule has 0 bridgehead atoms. The van der Waals surface area contributed by atoms with Gasteiger partial charge in [0.1, 0.15) is 5.82 Å². The highest BCUT2D eigenvalue weighted by Crippen LogP contribution is 2.12. The molecule has 5 nitrogen and oxygen atoms in total. The number of halogens is 1. The van der Waals surface area contributed by atoms with Crippen LogP contribution in [0.5, 0.6) is 0 Å². The Morgan fingerprint density at radius 1 is 1.39 bits per heavy atom. The van der Waals surface area contributed by atoms with Crippen LogP contribution < -0.4 is 5.32 Å². The number of amides is 1. The molecule has 0 spiro atoms. The molecule has 2 aromatic rings. The minimum atomic E-state index is -0.434. The molecule has 0 atom stereocenters. The number of hydrogen-bond donors (Lipinski definition) is 1. The van der Waals surface area contributed by atoms with Crippen LogP contribution >= 0.6 is 0 Å². The van der Waals surface area contributed by atoms with E-state index >= 15 is 0 Å². The molecule has 0 aliphatic carbocycles. The molecule has 0 fully saturated rings. The van der Waals surface area contributed by atoms with Gasteiger partial charge in [0, 0.05) is 12.0 Å². The van der Waals surface area contributed by atoms with E-state index in [0.29, 0.717) is 11.4 Å². The predicted molar refractivity (Wildman–Crippen MR) is 64.8 cm³/mol. The molecule has 2 aromatic heterocycles. The van der Waals surface area contributed by atoms with E-state index < -0.39 is 5.82 Å². The van der Waals surface area contributed by atoms with Crippen molar-refractivity contribution in [3.8, 4) is 5.69 Å². The third kappa shape index (κ3) is 2.71. The van der Waals surface area contributed by atoms with Crippen LogP contribution in [-0.4, -0.2) is 20.7 Å². The SMILES string of the molecule is CC(C)C(=O)Nc1cnn(-c2cncc(F)c2)c1. The summed E-state index contributed by atoms with van der Waals surface area (Å²) in [6.45, 7) is 3.60. The lowest BCUT2D eigenvalue weighted by Gasteiger charge is -2.04. The van der Waals surface area contributed by atoms with Crippen LogP contribution in [0.25, 0.3) is 5.69 Å². The van der Waals surface area contributed by atoms with Crippen LogP contribution in [0.2, 0.25) is 0 Å². The molecule has 0 saturated heterocycles. The highest BCUT2D eigenvalue weighted by molar-refractivity contribution is 5.91. The van der Waals surface area contributed by atoms with Crippen LogP contribution in [0, 0.1) is 11.7 Å². The van der Waals surface area contributed by atoms with Crippen molar-refractivity contribution >= 4 is 11.6 Å². The van der Waals surface area contributed by atoms with Gasteiger partial charge in [0.15, 0.2) is 0 Å². The Morgan fingerprint density at radius 3 is 2.83 bits per heavy atom. The second-order valence-corrected chi connectivity index (χ2v) is 4.18. The van der Waals surface area contributed by atoms with E-state index in [4.69, 9.17) is 0 Å². The summed E-state index contributed by atoms with van der Waals surface area (Å²) in [6, 6.07) is 1.31. The van der Waals surface area contributed by atoms with Crippen molar-refractivity contribution < 1.29 is 9.18 Å². The number of nitrogens with one attached hydrogen (secondary N) is 1. The van der Waals surface area contributed by atoms with E-state index in [9.17, 15) is 9.18 Å². The number of hydrogen-bond acceptors (Lipinski definition) is 3. The number of carbonyl (C=O) groups excluding carboxylic acids is 1. The van der Waals surface area contributed by atoms with Crippen molar-refractivity contribution in [2.45, 2.75) is 13.8 Å². The molecule has 2 rings (SSSR count). The maximum atomic E-state index is 13.0. The van der Waals surface area contributed by atoms with Crippen LogP contribution in [0.4, 0.5) is 10.1 Å². The maximum absolute atomic E-state index is 13.0. The number of pyridine rings is 1. The standard InChI is InChI=1S/C12H13FN4O/c1-8(2)12(18)16-10-5-15-17(7-10)11-3-9(13)4-14-6-11/h3-8H,1-2H3,(H,16,18). The first-order valence-corrected chi connectivity index (χ1v) is 5.52. The summed E-state index contributed by atoms with van der Waals surface area (Å²) in [6.07, 6.45) is 5.72. The number of carbonyl (C=O) groups is 1. The summed E-state index contributed by atoms with van der Waals surface area (Å²) >= 11 is 0. The van der Waals surface area contributed by atoms with Crippen molar-refractivity contribution in [2.24, 2.45) is 5.92 Å². The summed E-state index contributed by atoms with van der Waals surface area (Å²) in [7, 11) is 0. The lowest BCUT2D eigenvalue weighted by Crippen LogP contribution is -2.17. The van der Waals surface area contributed by atoms with Crippen molar-refractivity contribution in [3.05, 3.63) is 36.7 Å².